The fourth-order valence-corrected chi connectivity index (χ4v) is 2.53. The van der Waals surface area contributed by atoms with Crippen LogP contribution in [0.4, 0.5) is 5.95 Å². The van der Waals surface area contributed by atoms with Crippen LogP contribution in [0.3, 0.4) is 0 Å². The summed E-state index contributed by atoms with van der Waals surface area (Å²) in [6, 6.07) is 0. The molecule has 1 aliphatic heterocycles. The monoisotopic (exact) mass is 298 g/mol. The SMILES string of the molecule is CO[C@H]1C(O)[C@@H](CO)O[C@H]1[n+]1c[nH]c2c(=O)[nH]c(N)nc21. The van der Waals surface area contributed by atoms with Gasteiger partial charge in [-0.2, -0.15) is 0 Å². The molecule has 10 heteroatoms. The molecular formula is C11H16N5O5+. The highest BCUT2D eigenvalue weighted by molar-refractivity contribution is 5.65. The van der Waals surface area contributed by atoms with E-state index in [2.05, 4.69) is 15.0 Å². The molecule has 114 valence electrons. The molecule has 1 saturated heterocycles. The molecule has 4 atom stereocenters. The van der Waals surface area contributed by atoms with Crippen molar-refractivity contribution in [3.05, 3.63) is 16.7 Å². The molecule has 10 nitrogen and oxygen atoms in total. The second-order valence-electron chi connectivity index (χ2n) is 4.77. The van der Waals surface area contributed by atoms with Crippen LogP contribution in [0.2, 0.25) is 0 Å². The molecule has 3 heterocycles. The number of imidazole rings is 1. The van der Waals surface area contributed by atoms with E-state index in [-0.39, 0.29) is 23.7 Å². The van der Waals surface area contributed by atoms with E-state index in [0.717, 1.165) is 0 Å². The van der Waals surface area contributed by atoms with Crippen LogP contribution < -0.4 is 15.9 Å². The van der Waals surface area contributed by atoms with Crippen molar-refractivity contribution in [2.75, 3.05) is 19.5 Å². The van der Waals surface area contributed by atoms with E-state index >= 15 is 0 Å². The highest BCUT2D eigenvalue weighted by Gasteiger charge is 2.47. The lowest BCUT2D eigenvalue weighted by molar-refractivity contribution is -0.745. The van der Waals surface area contributed by atoms with E-state index < -0.39 is 30.1 Å². The summed E-state index contributed by atoms with van der Waals surface area (Å²) in [5.41, 5.74) is 5.63. The van der Waals surface area contributed by atoms with E-state index in [1.54, 1.807) is 0 Å². The van der Waals surface area contributed by atoms with E-state index in [1.165, 1.54) is 18.0 Å². The van der Waals surface area contributed by atoms with Crippen LogP contribution >= 0.6 is 0 Å². The molecule has 1 unspecified atom stereocenters. The van der Waals surface area contributed by atoms with E-state index in [0.29, 0.717) is 0 Å². The largest absolute Gasteiger partial charge is 0.394 e. The number of ether oxygens (including phenoxy) is 2. The molecule has 0 amide bonds. The number of hydrogen-bond donors (Lipinski definition) is 5. The minimum absolute atomic E-state index is 0.0351. The fraction of sp³-hybridized carbons (Fsp3) is 0.545. The minimum Gasteiger partial charge on any atom is -0.394 e. The Balaban J connectivity index is 2.10. The number of aromatic amines is 2. The molecule has 0 aromatic carbocycles. The number of aliphatic hydroxyl groups excluding tert-OH is 2. The molecule has 6 N–H and O–H groups in total. The maximum atomic E-state index is 11.8. The van der Waals surface area contributed by atoms with Crippen LogP contribution in [0.1, 0.15) is 6.23 Å². The van der Waals surface area contributed by atoms with Crippen LogP contribution in [0.15, 0.2) is 11.1 Å². The topological polar surface area (TPSA) is 150 Å². The highest BCUT2D eigenvalue weighted by atomic mass is 16.6. The first-order chi connectivity index (χ1) is 10.1. The number of nitrogen functional groups attached to an aromatic ring is 1. The van der Waals surface area contributed by atoms with Crippen molar-refractivity contribution < 1.29 is 24.3 Å². The zero-order valence-electron chi connectivity index (χ0n) is 11.2. The van der Waals surface area contributed by atoms with Crippen molar-refractivity contribution in [1.82, 2.24) is 15.0 Å². The Hall–Kier alpha value is -2.01. The van der Waals surface area contributed by atoms with Gasteiger partial charge in [0.1, 0.15) is 18.3 Å². The van der Waals surface area contributed by atoms with Crippen LogP contribution in [0, 0.1) is 0 Å². The third-order valence-corrected chi connectivity index (χ3v) is 3.55. The first-order valence-corrected chi connectivity index (χ1v) is 6.32. The van der Waals surface area contributed by atoms with Gasteiger partial charge in [0.05, 0.1) is 6.61 Å². The highest BCUT2D eigenvalue weighted by Crippen LogP contribution is 2.28. The van der Waals surface area contributed by atoms with Gasteiger partial charge < -0.3 is 25.4 Å². The zero-order chi connectivity index (χ0) is 15.1. The predicted molar refractivity (Wildman–Crippen MR) is 69.1 cm³/mol. The van der Waals surface area contributed by atoms with Gasteiger partial charge in [0.2, 0.25) is 11.7 Å². The minimum atomic E-state index is -0.998. The number of methoxy groups -OCH3 is 1. The number of H-pyrrole nitrogens is 2. The summed E-state index contributed by atoms with van der Waals surface area (Å²) in [5, 5.41) is 19.3. The number of rotatable bonds is 3. The second-order valence-corrected chi connectivity index (χ2v) is 4.77. The smallest absolute Gasteiger partial charge is 0.313 e. The lowest BCUT2D eigenvalue weighted by Crippen LogP contribution is -2.46. The Morgan fingerprint density at radius 3 is 3.05 bits per heavy atom. The lowest BCUT2D eigenvalue weighted by atomic mass is 10.1. The number of hydrogen-bond acceptors (Lipinski definition) is 7. The molecule has 2 aromatic heterocycles. The van der Waals surface area contributed by atoms with Gasteiger partial charge in [-0.15, -0.1) is 0 Å². The molecule has 3 rings (SSSR count). The Labute approximate surface area is 118 Å². The first-order valence-electron chi connectivity index (χ1n) is 6.32. The van der Waals surface area contributed by atoms with E-state index in [9.17, 15) is 15.0 Å². The van der Waals surface area contributed by atoms with Crippen LogP contribution in [-0.4, -0.2) is 57.2 Å². The third kappa shape index (κ3) is 2.08. The number of nitrogens with two attached hydrogens (primary N) is 1. The van der Waals surface area contributed by atoms with Crippen molar-refractivity contribution in [3.63, 3.8) is 0 Å². The maximum absolute atomic E-state index is 11.8. The summed E-state index contributed by atoms with van der Waals surface area (Å²) in [4.78, 5) is 21.0. The van der Waals surface area contributed by atoms with Crippen molar-refractivity contribution in [3.8, 4) is 0 Å². The molecule has 0 radical (unpaired) electrons. The molecule has 1 fully saturated rings. The van der Waals surface area contributed by atoms with Gasteiger partial charge in [-0.25, -0.2) is 4.57 Å². The zero-order valence-corrected chi connectivity index (χ0v) is 11.2. The van der Waals surface area contributed by atoms with Crippen molar-refractivity contribution in [2.45, 2.75) is 24.5 Å². The lowest BCUT2D eigenvalue weighted by Gasteiger charge is -2.16. The van der Waals surface area contributed by atoms with E-state index in [1.807, 2.05) is 0 Å². The van der Waals surface area contributed by atoms with Gasteiger partial charge >= 0.3 is 5.65 Å². The molecule has 1 aliphatic rings. The molecule has 2 aromatic rings. The number of nitrogens with one attached hydrogen (secondary N) is 2. The number of nitrogens with zero attached hydrogens (tertiary/aromatic N) is 2. The molecule has 0 aliphatic carbocycles. The Bertz CT molecular complexity index is 713. The quantitative estimate of drug-likeness (QED) is 0.389. The number of aliphatic hydroxyl groups is 2. The molecule has 0 spiro atoms. The normalized spacial score (nSPS) is 29.3. The first kappa shape index (κ1) is 13.9. The number of anilines is 1. The standard InChI is InChI=1S/C11H15N5O5/c1-20-7-6(18)4(2-17)21-10(7)16-3-13-5-8(16)14-11(12)15-9(5)19/h3-4,6-7,10,17-18H,2H2,1H3,(H3,12,14,15,19)/p+1/t4-,6?,7+,10-/m1/s1. The molecule has 0 saturated carbocycles. The van der Waals surface area contributed by atoms with Crippen LogP contribution in [0.25, 0.3) is 11.2 Å². The summed E-state index contributed by atoms with van der Waals surface area (Å²) in [5.74, 6) is -0.0351. The van der Waals surface area contributed by atoms with Gasteiger partial charge in [-0.1, -0.05) is 4.98 Å². The molecular weight excluding hydrogens is 282 g/mol. The summed E-state index contributed by atoms with van der Waals surface area (Å²) < 4.78 is 12.3. The summed E-state index contributed by atoms with van der Waals surface area (Å²) in [6.07, 6.45) is -1.76. The Morgan fingerprint density at radius 2 is 2.38 bits per heavy atom. The second kappa shape index (κ2) is 5.07. The van der Waals surface area contributed by atoms with Gasteiger partial charge in [0.25, 0.3) is 11.5 Å². The average molecular weight is 298 g/mol. The molecule has 0 bridgehead atoms. The van der Waals surface area contributed by atoms with Gasteiger partial charge in [-0.3, -0.25) is 14.8 Å². The van der Waals surface area contributed by atoms with Crippen molar-refractivity contribution in [1.29, 1.82) is 0 Å². The summed E-state index contributed by atoms with van der Waals surface area (Å²) in [6.45, 7) is -0.351. The third-order valence-electron chi connectivity index (χ3n) is 3.55. The summed E-state index contributed by atoms with van der Waals surface area (Å²) >= 11 is 0. The maximum Gasteiger partial charge on any atom is 0.313 e. The molecule has 21 heavy (non-hydrogen) atoms. The fourth-order valence-electron chi connectivity index (χ4n) is 2.53. The predicted octanol–water partition coefficient (Wildman–Crippen LogP) is -2.61. The van der Waals surface area contributed by atoms with Gasteiger partial charge in [0, 0.05) is 7.11 Å². The number of aromatic nitrogens is 4. The number of fused-ring (bicyclic) bond motifs is 1. The van der Waals surface area contributed by atoms with Crippen LogP contribution in [-0.2, 0) is 9.47 Å². The van der Waals surface area contributed by atoms with Gasteiger partial charge in [0.15, 0.2) is 6.33 Å². The van der Waals surface area contributed by atoms with E-state index in [4.69, 9.17) is 15.2 Å². The van der Waals surface area contributed by atoms with Crippen LogP contribution in [0.5, 0.6) is 0 Å². The van der Waals surface area contributed by atoms with Crippen molar-refractivity contribution >= 4 is 17.1 Å². The Morgan fingerprint density at radius 1 is 1.62 bits per heavy atom. The summed E-state index contributed by atoms with van der Waals surface area (Å²) in [7, 11) is 1.42. The average Bonchev–Trinajstić information content (AvgIpc) is 2.99. The van der Waals surface area contributed by atoms with Crippen molar-refractivity contribution in [2.24, 2.45) is 0 Å². The Kier molecular flexibility index (Phi) is 3.37. The van der Waals surface area contributed by atoms with Gasteiger partial charge in [-0.05, 0) is 0 Å².